The molecule has 1 aliphatic rings. The van der Waals surface area contributed by atoms with Gasteiger partial charge in [-0.2, -0.15) is 0 Å². The van der Waals surface area contributed by atoms with Crippen LogP contribution in [0.5, 0.6) is 5.75 Å². The molecule has 0 spiro atoms. The number of aliphatic hydroxyl groups is 1. The van der Waals surface area contributed by atoms with Gasteiger partial charge in [-0.3, -0.25) is 0 Å². The number of phenolic OH excluding ortho intramolecular Hbond substituents is 1. The van der Waals surface area contributed by atoms with Gasteiger partial charge in [0.25, 0.3) is 0 Å². The Hall–Kier alpha value is -1.06. The third-order valence-corrected chi connectivity index (χ3v) is 3.66. The Kier molecular flexibility index (Phi) is 3.69. The number of nitrogens with one attached hydrogen (secondary N) is 1. The fourth-order valence-electron chi connectivity index (χ4n) is 2.43. The third kappa shape index (κ3) is 3.20. The van der Waals surface area contributed by atoms with Gasteiger partial charge in [-0.1, -0.05) is 25.0 Å². The van der Waals surface area contributed by atoms with Crippen molar-refractivity contribution in [2.24, 2.45) is 0 Å². The molecule has 2 rings (SSSR count). The summed E-state index contributed by atoms with van der Waals surface area (Å²) in [6, 6.07) is 7.40. The Balaban J connectivity index is 1.88. The first kappa shape index (κ1) is 12.4. The van der Waals surface area contributed by atoms with Gasteiger partial charge in [0.15, 0.2) is 0 Å². The first-order valence-corrected chi connectivity index (χ1v) is 6.34. The summed E-state index contributed by atoms with van der Waals surface area (Å²) in [6.45, 7) is 2.72. The molecule has 3 N–H and O–H groups in total. The van der Waals surface area contributed by atoms with Crippen LogP contribution in [0.4, 0.5) is 0 Å². The summed E-state index contributed by atoms with van der Waals surface area (Å²) in [7, 11) is 0. The van der Waals surface area contributed by atoms with Gasteiger partial charge >= 0.3 is 0 Å². The lowest BCUT2D eigenvalue weighted by Crippen LogP contribution is -2.39. The minimum Gasteiger partial charge on any atom is -0.508 e. The molecule has 17 heavy (non-hydrogen) atoms. The number of rotatable bonds is 4. The van der Waals surface area contributed by atoms with E-state index in [1.54, 1.807) is 12.1 Å². The molecule has 1 aliphatic carbocycles. The third-order valence-electron chi connectivity index (χ3n) is 3.66. The lowest BCUT2D eigenvalue weighted by Gasteiger charge is -2.25. The molecule has 0 radical (unpaired) electrons. The number of hydrogen-bond donors (Lipinski definition) is 3. The van der Waals surface area contributed by atoms with Crippen molar-refractivity contribution < 1.29 is 10.2 Å². The zero-order chi connectivity index (χ0) is 12.3. The van der Waals surface area contributed by atoms with Crippen LogP contribution in [0.25, 0.3) is 0 Å². The quantitative estimate of drug-likeness (QED) is 0.751. The average Bonchev–Trinajstić information content (AvgIpc) is 2.75. The van der Waals surface area contributed by atoms with Crippen LogP contribution in [-0.2, 0) is 0 Å². The minimum absolute atomic E-state index is 0.195. The van der Waals surface area contributed by atoms with E-state index >= 15 is 0 Å². The summed E-state index contributed by atoms with van der Waals surface area (Å²) in [4.78, 5) is 0. The zero-order valence-corrected chi connectivity index (χ0v) is 10.3. The molecule has 1 aromatic rings. The first-order chi connectivity index (χ1) is 8.09. The zero-order valence-electron chi connectivity index (χ0n) is 10.3. The Morgan fingerprint density at radius 2 is 1.82 bits per heavy atom. The second-order valence-corrected chi connectivity index (χ2v) is 5.13. The van der Waals surface area contributed by atoms with Crippen molar-refractivity contribution in [2.45, 2.75) is 44.2 Å². The van der Waals surface area contributed by atoms with Crippen molar-refractivity contribution >= 4 is 0 Å². The van der Waals surface area contributed by atoms with E-state index in [0.717, 1.165) is 31.2 Å². The highest BCUT2D eigenvalue weighted by molar-refractivity contribution is 5.27. The van der Waals surface area contributed by atoms with E-state index in [1.165, 1.54) is 0 Å². The molecule has 0 aliphatic heterocycles. The maximum atomic E-state index is 10.2. The highest BCUT2D eigenvalue weighted by Gasteiger charge is 2.30. The normalized spacial score (nSPS) is 20.4. The lowest BCUT2D eigenvalue weighted by atomic mass is 10.0. The molecule has 3 heteroatoms. The van der Waals surface area contributed by atoms with Gasteiger partial charge in [0, 0.05) is 12.6 Å². The van der Waals surface area contributed by atoms with Crippen LogP contribution < -0.4 is 5.32 Å². The summed E-state index contributed by atoms with van der Waals surface area (Å²) in [6.07, 6.45) is 4.07. The molecule has 1 saturated carbocycles. The van der Waals surface area contributed by atoms with E-state index in [9.17, 15) is 10.2 Å². The predicted octanol–water partition coefficient (Wildman–Crippen LogP) is 2.35. The van der Waals surface area contributed by atoms with Gasteiger partial charge in [0.1, 0.15) is 5.75 Å². The van der Waals surface area contributed by atoms with Crippen molar-refractivity contribution in [3.05, 3.63) is 29.8 Å². The number of hydrogen-bond acceptors (Lipinski definition) is 3. The molecule has 0 saturated heterocycles. The molecule has 3 nitrogen and oxygen atoms in total. The van der Waals surface area contributed by atoms with E-state index in [1.807, 2.05) is 12.1 Å². The van der Waals surface area contributed by atoms with Gasteiger partial charge in [0.05, 0.1) is 5.60 Å². The van der Waals surface area contributed by atoms with Crippen LogP contribution >= 0.6 is 0 Å². The van der Waals surface area contributed by atoms with Gasteiger partial charge < -0.3 is 15.5 Å². The molecule has 1 fully saturated rings. The molecule has 0 bridgehead atoms. The van der Waals surface area contributed by atoms with Gasteiger partial charge in [-0.05, 0) is 37.5 Å². The predicted molar refractivity (Wildman–Crippen MR) is 67.9 cm³/mol. The molecular formula is C14H21NO2. The number of aromatic hydroxyl groups is 1. The summed E-state index contributed by atoms with van der Waals surface area (Å²) in [5.74, 6) is 0.287. The maximum absolute atomic E-state index is 10.2. The van der Waals surface area contributed by atoms with E-state index in [2.05, 4.69) is 12.2 Å². The molecule has 1 aromatic carbocycles. The van der Waals surface area contributed by atoms with Crippen molar-refractivity contribution in [1.82, 2.24) is 5.32 Å². The van der Waals surface area contributed by atoms with Crippen molar-refractivity contribution in [1.29, 1.82) is 0 Å². The summed E-state index contributed by atoms with van der Waals surface area (Å²) < 4.78 is 0. The fraction of sp³-hybridized carbons (Fsp3) is 0.571. The SMILES string of the molecule is CC(NCC1(O)CCCC1)c1ccc(O)cc1. The van der Waals surface area contributed by atoms with Crippen LogP contribution in [-0.4, -0.2) is 22.4 Å². The van der Waals surface area contributed by atoms with Crippen molar-refractivity contribution in [3.63, 3.8) is 0 Å². The second-order valence-electron chi connectivity index (χ2n) is 5.13. The van der Waals surface area contributed by atoms with Gasteiger partial charge in [0.2, 0.25) is 0 Å². The van der Waals surface area contributed by atoms with Crippen molar-refractivity contribution in [3.8, 4) is 5.75 Å². The maximum Gasteiger partial charge on any atom is 0.115 e. The number of phenols is 1. The van der Waals surface area contributed by atoms with Crippen molar-refractivity contribution in [2.75, 3.05) is 6.54 Å². The molecule has 0 aromatic heterocycles. The molecule has 1 unspecified atom stereocenters. The highest BCUT2D eigenvalue weighted by atomic mass is 16.3. The van der Waals surface area contributed by atoms with E-state index in [-0.39, 0.29) is 11.8 Å². The monoisotopic (exact) mass is 235 g/mol. The lowest BCUT2D eigenvalue weighted by molar-refractivity contribution is 0.0453. The fourth-order valence-corrected chi connectivity index (χ4v) is 2.43. The molecule has 1 atom stereocenters. The minimum atomic E-state index is -0.509. The largest absolute Gasteiger partial charge is 0.508 e. The number of benzene rings is 1. The van der Waals surface area contributed by atoms with Gasteiger partial charge in [-0.15, -0.1) is 0 Å². The van der Waals surface area contributed by atoms with E-state index in [4.69, 9.17) is 0 Å². The van der Waals surface area contributed by atoms with Crippen LogP contribution in [0.2, 0.25) is 0 Å². The summed E-state index contributed by atoms with van der Waals surface area (Å²) in [5.41, 5.74) is 0.620. The average molecular weight is 235 g/mol. The highest BCUT2D eigenvalue weighted by Crippen LogP contribution is 2.29. The second kappa shape index (κ2) is 5.07. The van der Waals surface area contributed by atoms with Crippen LogP contribution in [0, 0.1) is 0 Å². The van der Waals surface area contributed by atoms with E-state index in [0.29, 0.717) is 6.54 Å². The van der Waals surface area contributed by atoms with E-state index < -0.39 is 5.60 Å². The molecule has 0 amide bonds. The standard InChI is InChI=1S/C14H21NO2/c1-11(12-4-6-13(16)7-5-12)15-10-14(17)8-2-3-9-14/h4-7,11,15-17H,2-3,8-10H2,1H3. The summed E-state index contributed by atoms with van der Waals surface area (Å²) >= 11 is 0. The Morgan fingerprint density at radius 3 is 2.41 bits per heavy atom. The molecule has 94 valence electrons. The Labute approximate surface area is 102 Å². The summed E-state index contributed by atoms with van der Waals surface area (Å²) in [5, 5.41) is 22.8. The Morgan fingerprint density at radius 1 is 1.24 bits per heavy atom. The first-order valence-electron chi connectivity index (χ1n) is 6.34. The van der Waals surface area contributed by atoms with Gasteiger partial charge in [-0.25, -0.2) is 0 Å². The smallest absolute Gasteiger partial charge is 0.115 e. The molecule has 0 heterocycles. The van der Waals surface area contributed by atoms with Crippen LogP contribution in [0.1, 0.15) is 44.2 Å². The molecular weight excluding hydrogens is 214 g/mol. The topological polar surface area (TPSA) is 52.5 Å². The van der Waals surface area contributed by atoms with Crippen LogP contribution in [0.15, 0.2) is 24.3 Å². The van der Waals surface area contributed by atoms with Crippen LogP contribution in [0.3, 0.4) is 0 Å². The Bertz CT molecular complexity index is 355.